The summed E-state index contributed by atoms with van der Waals surface area (Å²) in [5, 5.41) is 4.83. The van der Waals surface area contributed by atoms with Crippen molar-refractivity contribution in [3.63, 3.8) is 0 Å². The summed E-state index contributed by atoms with van der Waals surface area (Å²) >= 11 is 0. The van der Waals surface area contributed by atoms with Gasteiger partial charge in [-0.15, -0.1) is 0 Å². The average molecular weight is 328 g/mol. The molecule has 0 aliphatic heterocycles. The monoisotopic (exact) mass is 327 g/mol. The zero-order chi connectivity index (χ0) is 16.7. The number of carbonyl (C=O) groups is 1. The number of hydrogen-bond donors (Lipinski definition) is 1. The first-order valence-corrected chi connectivity index (χ1v) is 11.1. The highest BCUT2D eigenvalue weighted by atomic mass is 28.3. The molecule has 0 unspecified atom stereocenters. The van der Waals surface area contributed by atoms with Gasteiger partial charge >= 0.3 is 5.97 Å². The first-order chi connectivity index (χ1) is 11.0. The molecule has 0 fully saturated rings. The van der Waals surface area contributed by atoms with Crippen LogP contribution >= 0.6 is 0 Å². The Morgan fingerprint density at radius 2 is 1.61 bits per heavy atom. The molecule has 0 amide bonds. The number of benzene rings is 2. The predicted octanol–water partition coefficient (Wildman–Crippen LogP) is 2.52. The molecular formula is C19H25NO2Si. The second-order valence-corrected chi connectivity index (χ2v) is 11.1. The van der Waals surface area contributed by atoms with Gasteiger partial charge in [-0.1, -0.05) is 78.9 Å². The van der Waals surface area contributed by atoms with Crippen molar-refractivity contribution in [2.75, 3.05) is 13.3 Å². The van der Waals surface area contributed by atoms with E-state index >= 15 is 0 Å². The quantitative estimate of drug-likeness (QED) is 0.627. The van der Waals surface area contributed by atoms with Crippen molar-refractivity contribution in [1.82, 2.24) is 5.32 Å². The van der Waals surface area contributed by atoms with E-state index in [1.54, 1.807) is 0 Å². The lowest BCUT2D eigenvalue weighted by molar-refractivity contribution is -0.143. The van der Waals surface area contributed by atoms with E-state index in [4.69, 9.17) is 4.74 Å². The van der Waals surface area contributed by atoms with Gasteiger partial charge in [0.15, 0.2) is 0 Å². The number of nitrogens with one attached hydrogen (secondary N) is 1. The maximum atomic E-state index is 12.1. The molecular weight excluding hydrogens is 302 g/mol. The second-order valence-electron chi connectivity index (χ2n) is 6.40. The lowest BCUT2D eigenvalue weighted by Gasteiger charge is -2.26. The Balaban J connectivity index is 2.05. The lowest BCUT2D eigenvalue weighted by atomic mass is 10.1. The van der Waals surface area contributed by atoms with Crippen LogP contribution in [-0.2, 0) is 16.0 Å². The number of esters is 1. The van der Waals surface area contributed by atoms with Gasteiger partial charge in [0.25, 0.3) is 0 Å². The van der Waals surface area contributed by atoms with Crippen LogP contribution in [0.1, 0.15) is 5.56 Å². The first kappa shape index (κ1) is 17.4. The summed E-state index contributed by atoms with van der Waals surface area (Å²) in [5.41, 5.74) is 1.13. The van der Waals surface area contributed by atoms with Gasteiger partial charge in [-0.25, -0.2) is 0 Å². The summed E-state index contributed by atoms with van der Waals surface area (Å²) in [4.78, 5) is 12.1. The molecule has 2 rings (SSSR count). The largest absolute Gasteiger partial charge is 0.468 e. The Hall–Kier alpha value is -1.91. The topological polar surface area (TPSA) is 38.3 Å². The van der Waals surface area contributed by atoms with Crippen molar-refractivity contribution in [1.29, 1.82) is 0 Å². The summed E-state index contributed by atoms with van der Waals surface area (Å²) < 4.78 is 4.97. The number of rotatable bonds is 7. The fraction of sp³-hybridized carbons (Fsp3) is 0.316. The molecule has 0 heterocycles. The molecule has 2 aromatic rings. The molecule has 122 valence electrons. The Morgan fingerprint density at radius 3 is 2.17 bits per heavy atom. The van der Waals surface area contributed by atoms with Gasteiger partial charge in [-0.2, -0.15) is 0 Å². The van der Waals surface area contributed by atoms with E-state index in [9.17, 15) is 4.79 Å². The molecule has 0 aliphatic carbocycles. The molecule has 0 saturated heterocycles. The van der Waals surface area contributed by atoms with Crippen molar-refractivity contribution in [3.05, 3.63) is 66.2 Å². The highest BCUT2D eigenvalue weighted by Crippen LogP contribution is 2.07. The average Bonchev–Trinajstić information content (AvgIpc) is 2.59. The fourth-order valence-corrected chi connectivity index (χ4v) is 4.66. The van der Waals surface area contributed by atoms with E-state index in [0.717, 1.165) is 11.7 Å². The lowest BCUT2D eigenvalue weighted by Crippen LogP contribution is -2.54. The SMILES string of the molecule is COC(=O)[C@H](Cc1ccccc1)NC[Si](C)(C)c1ccccc1. The maximum absolute atomic E-state index is 12.1. The zero-order valence-corrected chi connectivity index (χ0v) is 15.1. The summed E-state index contributed by atoms with van der Waals surface area (Å²) in [7, 11) is -0.191. The first-order valence-electron chi connectivity index (χ1n) is 7.93. The standard InChI is InChI=1S/C19H25NO2Si/c1-22-19(21)18(14-16-10-6-4-7-11-16)20-15-23(2,3)17-12-8-5-9-13-17/h4-13,18,20H,14-15H2,1-3H3/t18-/m0/s1. The van der Waals surface area contributed by atoms with E-state index in [0.29, 0.717) is 6.42 Å². The second kappa shape index (κ2) is 8.08. The smallest absolute Gasteiger partial charge is 0.323 e. The van der Waals surface area contributed by atoms with Crippen molar-refractivity contribution >= 4 is 19.2 Å². The van der Waals surface area contributed by atoms with Gasteiger partial charge in [-0.3, -0.25) is 4.79 Å². The van der Waals surface area contributed by atoms with Gasteiger partial charge in [0.05, 0.1) is 15.2 Å². The fourth-order valence-electron chi connectivity index (χ4n) is 2.60. The van der Waals surface area contributed by atoms with Gasteiger partial charge in [0, 0.05) is 0 Å². The highest BCUT2D eigenvalue weighted by Gasteiger charge is 2.27. The van der Waals surface area contributed by atoms with Crippen LogP contribution in [0.5, 0.6) is 0 Å². The summed E-state index contributed by atoms with van der Waals surface area (Å²) in [5.74, 6) is -0.202. The molecule has 0 aromatic heterocycles. The summed E-state index contributed by atoms with van der Waals surface area (Å²) in [6.45, 7) is 4.62. The molecule has 4 heteroatoms. The summed E-state index contributed by atoms with van der Waals surface area (Å²) in [6.07, 6.45) is 1.48. The Labute approximate surface area is 139 Å². The molecule has 0 radical (unpaired) electrons. The van der Waals surface area contributed by atoms with E-state index in [1.807, 2.05) is 36.4 Å². The Kier molecular flexibility index (Phi) is 6.13. The predicted molar refractivity (Wildman–Crippen MR) is 97.5 cm³/mol. The third-order valence-corrected chi connectivity index (χ3v) is 7.10. The van der Waals surface area contributed by atoms with Crippen LogP contribution in [0, 0.1) is 0 Å². The molecule has 1 atom stereocenters. The number of carbonyl (C=O) groups excluding carboxylic acids is 1. The summed E-state index contributed by atoms with van der Waals surface area (Å²) in [6, 6.07) is 20.3. The van der Waals surface area contributed by atoms with Crippen LogP contribution in [0.15, 0.2) is 60.7 Å². The van der Waals surface area contributed by atoms with Gasteiger partial charge in [0.1, 0.15) is 6.04 Å². The van der Waals surface area contributed by atoms with E-state index in [2.05, 4.69) is 42.7 Å². The minimum Gasteiger partial charge on any atom is -0.468 e. The maximum Gasteiger partial charge on any atom is 0.323 e. The Morgan fingerprint density at radius 1 is 1.04 bits per heavy atom. The molecule has 23 heavy (non-hydrogen) atoms. The van der Waals surface area contributed by atoms with Crippen LogP contribution in [0.2, 0.25) is 13.1 Å². The van der Waals surface area contributed by atoms with E-state index in [-0.39, 0.29) is 12.0 Å². The molecule has 0 saturated carbocycles. The molecule has 0 spiro atoms. The van der Waals surface area contributed by atoms with Crippen LogP contribution in [0.3, 0.4) is 0 Å². The van der Waals surface area contributed by atoms with Gasteiger partial charge < -0.3 is 10.1 Å². The minimum atomic E-state index is -1.64. The molecule has 2 aromatic carbocycles. The van der Waals surface area contributed by atoms with Crippen molar-refractivity contribution in [3.8, 4) is 0 Å². The van der Waals surface area contributed by atoms with Crippen molar-refractivity contribution in [2.45, 2.75) is 25.6 Å². The normalized spacial score (nSPS) is 12.7. The third-order valence-electron chi connectivity index (χ3n) is 4.11. The minimum absolute atomic E-state index is 0.202. The highest BCUT2D eigenvalue weighted by molar-refractivity contribution is 6.90. The third kappa shape index (κ3) is 5.05. The van der Waals surface area contributed by atoms with Crippen LogP contribution in [0.25, 0.3) is 0 Å². The van der Waals surface area contributed by atoms with Crippen LogP contribution < -0.4 is 10.5 Å². The molecule has 1 N–H and O–H groups in total. The number of hydrogen-bond acceptors (Lipinski definition) is 3. The number of ether oxygens (including phenoxy) is 1. The van der Waals surface area contributed by atoms with Crippen molar-refractivity contribution in [2.24, 2.45) is 0 Å². The molecule has 3 nitrogen and oxygen atoms in total. The Bertz CT molecular complexity index is 614. The molecule has 0 aliphatic rings. The molecule has 0 bridgehead atoms. The van der Waals surface area contributed by atoms with E-state index in [1.165, 1.54) is 12.3 Å². The van der Waals surface area contributed by atoms with Crippen LogP contribution in [0.4, 0.5) is 0 Å². The van der Waals surface area contributed by atoms with E-state index < -0.39 is 8.07 Å². The van der Waals surface area contributed by atoms with Gasteiger partial charge in [-0.05, 0) is 18.2 Å². The number of methoxy groups -OCH3 is 1. The van der Waals surface area contributed by atoms with Crippen LogP contribution in [-0.4, -0.2) is 33.4 Å². The van der Waals surface area contributed by atoms with Crippen molar-refractivity contribution < 1.29 is 9.53 Å². The van der Waals surface area contributed by atoms with Gasteiger partial charge in [0.2, 0.25) is 0 Å². The zero-order valence-electron chi connectivity index (χ0n) is 14.1.